The van der Waals surface area contributed by atoms with E-state index >= 15 is 0 Å². The van der Waals surface area contributed by atoms with E-state index in [1.807, 2.05) is 19.2 Å². The molecule has 0 fully saturated rings. The molecule has 126 valence electrons. The van der Waals surface area contributed by atoms with Crippen LogP contribution in [0.5, 0.6) is 0 Å². The third-order valence-electron chi connectivity index (χ3n) is 3.25. The molecule has 6 nitrogen and oxygen atoms in total. The molecule has 0 saturated carbocycles. The Morgan fingerprint density at radius 3 is 2.61 bits per heavy atom. The highest BCUT2D eigenvalue weighted by Gasteiger charge is 2.26. The van der Waals surface area contributed by atoms with Crippen molar-refractivity contribution in [3.05, 3.63) is 35.4 Å². The lowest BCUT2D eigenvalue weighted by molar-refractivity contribution is -0.0936. The van der Waals surface area contributed by atoms with Crippen molar-refractivity contribution in [1.82, 2.24) is 10.4 Å². The quantitative estimate of drug-likeness (QED) is 0.844. The predicted molar refractivity (Wildman–Crippen MR) is 89.5 cm³/mol. The molecule has 1 aliphatic rings. The van der Waals surface area contributed by atoms with E-state index in [4.69, 9.17) is 9.57 Å². The van der Waals surface area contributed by atoms with Gasteiger partial charge in [-0.3, -0.25) is 4.99 Å². The third kappa shape index (κ3) is 5.25. The van der Waals surface area contributed by atoms with Crippen LogP contribution < -0.4 is 5.32 Å². The molecule has 0 aliphatic carbocycles. The van der Waals surface area contributed by atoms with E-state index in [9.17, 15) is 4.79 Å². The summed E-state index contributed by atoms with van der Waals surface area (Å²) in [6, 6.07) is 8.14. The van der Waals surface area contributed by atoms with Gasteiger partial charge in [-0.05, 0) is 46.3 Å². The van der Waals surface area contributed by atoms with Gasteiger partial charge in [-0.25, -0.2) is 4.79 Å². The number of benzene rings is 1. The van der Waals surface area contributed by atoms with Gasteiger partial charge in [0.05, 0.1) is 13.1 Å². The van der Waals surface area contributed by atoms with Gasteiger partial charge in [-0.15, -0.1) is 0 Å². The summed E-state index contributed by atoms with van der Waals surface area (Å²) in [5, 5.41) is 4.63. The minimum Gasteiger partial charge on any atom is -0.427 e. The van der Waals surface area contributed by atoms with Crippen LogP contribution in [0.2, 0.25) is 0 Å². The Hall–Kier alpha value is -2.08. The van der Waals surface area contributed by atoms with Gasteiger partial charge in [0.2, 0.25) is 0 Å². The predicted octanol–water partition coefficient (Wildman–Crippen LogP) is 2.38. The molecule has 2 rings (SSSR count). The number of carbonyl (C=O) groups excluding carboxylic acids is 1. The molecule has 0 saturated heterocycles. The summed E-state index contributed by atoms with van der Waals surface area (Å²) in [5.74, 6) is 0.663. The van der Waals surface area contributed by atoms with Gasteiger partial charge in [-0.2, -0.15) is 5.06 Å². The molecule has 1 aromatic carbocycles. The molecule has 1 aliphatic heterocycles. The average Bonchev–Trinajstić information content (AvgIpc) is 2.91. The number of likely N-dealkylation sites (N-methyl/N-ethyl adjacent to an activating group) is 1. The molecule has 23 heavy (non-hydrogen) atoms. The maximum Gasteiger partial charge on any atom is 0.534 e. The second-order valence-corrected chi connectivity index (χ2v) is 6.41. The fourth-order valence-corrected chi connectivity index (χ4v) is 2.20. The van der Waals surface area contributed by atoms with Gasteiger partial charge < -0.3 is 14.9 Å². The molecule has 1 N–H and O–H groups in total. The van der Waals surface area contributed by atoms with Crippen LogP contribution in [0, 0.1) is 0 Å². The van der Waals surface area contributed by atoms with E-state index in [1.165, 1.54) is 10.6 Å². The van der Waals surface area contributed by atoms with Crippen molar-refractivity contribution in [2.75, 3.05) is 26.7 Å². The molecular weight excluding hydrogens is 294 g/mol. The third-order valence-corrected chi connectivity index (χ3v) is 3.25. The SMILES string of the molecule is CNCCc1ccc(C2=NCCN2OC(=O)OC(C)(C)C)cc1. The fourth-order valence-electron chi connectivity index (χ4n) is 2.20. The van der Waals surface area contributed by atoms with E-state index in [0.29, 0.717) is 18.9 Å². The Kier molecular flexibility index (Phi) is 5.60. The number of ether oxygens (including phenoxy) is 1. The van der Waals surface area contributed by atoms with Gasteiger partial charge in [0, 0.05) is 5.56 Å². The molecule has 0 bridgehead atoms. The monoisotopic (exact) mass is 319 g/mol. The number of hydrogen-bond acceptors (Lipinski definition) is 6. The number of rotatable bonds is 5. The minimum absolute atomic E-state index is 0.538. The van der Waals surface area contributed by atoms with Gasteiger partial charge >= 0.3 is 6.16 Å². The summed E-state index contributed by atoms with van der Waals surface area (Å²) in [5.41, 5.74) is 1.60. The normalized spacial score (nSPS) is 14.6. The molecule has 0 radical (unpaired) electrons. The van der Waals surface area contributed by atoms with Gasteiger partial charge in [0.1, 0.15) is 5.60 Å². The maximum atomic E-state index is 11.8. The van der Waals surface area contributed by atoms with Crippen molar-refractivity contribution < 1.29 is 14.4 Å². The van der Waals surface area contributed by atoms with Crippen LogP contribution in [0.1, 0.15) is 31.9 Å². The molecule has 0 aromatic heterocycles. The number of aliphatic imine (C=N–C) groups is 1. The second kappa shape index (κ2) is 7.46. The fraction of sp³-hybridized carbons (Fsp3) is 0.529. The zero-order valence-corrected chi connectivity index (χ0v) is 14.3. The molecule has 6 heteroatoms. The first-order valence-corrected chi connectivity index (χ1v) is 7.86. The summed E-state index contributed by atoms with van der Waals surface area (Å²) < 4.78 is 5.18. The summed E-state index contributed by atoms with van der Waals surface area (Å²) in [6.45, 7) is 7.48. The van der Waals surface area contributed by atoms with Crippen LogP contribution in [-0.4, -0.2) is 49.3 Å². The number of hydroxylamine groups is 2. The van der Waals surface area contributed by atoms with E-state index < -0.39 is 11.8 Å². The molecule has 0 spiro atoms. The Balaban J connectivity index is 1.99. The zero-order valence-electron chi connectivity index (χ0n) is 14.3. The highest BCUT2D eigenvalue weighted by Crippen LogP contribution is 2.15. The van der Waals surface area contributed by atoms with Gasteiger partial charge in [0.25, 0.3) is 0 Å². The lowest BCUT2D eigenvalue weighted by atomic mass is 10.1. The first kappa shape index (κ1) is 17.3. The summed E-state index contributed by atoms with van der Waals surface area (Å²) >= 11 is 0. The largest absolute Gasteiger partial charge is 0.534 e. The Morgan fingerprint density at radius 2 is 2.00 bits per heavy atom. The lowest BCUT2D eigenvalue weighted by Crippen LogP contribution is -2.34. The van der Waals surface area contributed by atoms with Crippen molar-refractivity contribution in [1.29, 1.82) is 0 Å². The highest BCUT2D eigenvalue weighted by molar-refractivity contribution is 5.99. The Bertz CT molecular complexity index is 561. The standard InChI is InChI=1S/C17H25N3O3/c1-17(2,3)22-16(21)23-20-12-11-19-15(20)14-7-5-13(6-8-14)9-10-18-4/h5-8,18H,9-12H2,1-4H3. The van der Waals surface area contributed by atoms with Crippen molar-refractivity contribution >= 4 is 12.0 Å². The first-order valence-electron chi connectivity index (χ1n) is 7.86. The zero-order chi connectivity index (χ0) is 16.9. The molecule has 1 heterocycles. The summed E-state index contributed by atoms with van der Waals surface area (Å²) in [4.78, 5) is 21.5. The minimum atomic E-state index is -0.710. The van der Waals surface area contributed by atoms with E-state index in [2.05, 4.69) is 22.4 Å². The van der Waals surface area contributed by atoms with Crippen molar-refractivity contribution in [2.24, 2.45) is 4.99 Å². The topological polar surface area (TPSA) is 63.2 Å². The maximum absolute atomic E-state index is 11.8. The first-order chi connectivity index (χ1) is 10.9. The summed E-state index contributed by atoms with van der Waals surface area (Å²) in [6.07, 6.45) is 0.263. The van der Waals surface area contributed by atoms with Crippen molar-refractivity contribution in [2.45, 2.75) is 32.8 Å². The van der Waals surface area contributed by atoms with Gasteiger partial charge in [-0.1, -0.05) is 24.3 Å². The van der Waals surface area contributed by atoms with Crippen LogP contribution in [0.15, 0.2) is 29.3 Å². The van der Waals surface area contributed by atoms with Gasteiger partial charge in [0.15, 0.2) is 5.84 Å². The van der Waals surface area contributed by atoms with Crippen molar-refractivity contribution in [3.8, 4) is 0 Å². The van der Waals surface area contributed by atoms with E-state index in [0.717, 1.165) is 18.5 Å². The van der Waals surface area contributed by atoms with Crippen LogP contribution >= 0.6 is 0 Å². The molecule has 1 aromatic rings. The lowest BCUT2D eigenvalue weighted by Gasteiger charge is -2.23. The molecular formula is C17H25N3O3. The molecule has 0 atom stereocenters. The number of hydrogen-bond donors (Lipinski definition) is 1. The average molecular weight is 319 g/mol. The van der Waals surface area contributed by atoms with E-state index in [-0.39, 0.29) is 0 Å². The number of carbonyl (C=O) groups is 1. The Labute approximate surface area is 137 Å². The number of nitrogens with zero attached hydrogens (tertiary/aromatic N) is 2. The van der Waals surface area contributed by atoms with Crippen LogP contribution in [0.3, 0.4) is 0 Å². The van der Waals surface area contributed by atoms with Crippen LogP contribution in [0.4, 0.5) is 4.79 Å². The molecule has 0 unspecified atom stereocenters. The number of amidine groups is 1. The summed E-state index contributed by atoms with van der Waals surface area (Å²) in [7, 11) is 1.94. The van der Waals surface area contributed by atoms with E-state index in [1.54, 1.807) is 20.8 Å². The second-order valence-electron chi connectivity index (χ2n) is 6.41. The Morgan fingerprint density at radius 1 is 1.30 bits per heavy atom. The number of nitrogens with one attached hydrogen (secondary N) is 1. The van der Waals surface area contributed by atoms with Crippen molar-refractivity contribution in [3.63, 3.8) is 0 Å². The molecule has 0 amide bonds. The smallest absolute Gasteiger partial charge is 0.427 e. The highest BCUT2D eigenvalue weighted by atomic mass is 16.8. The van der Waals surface area contributed by atoms with Crippen LogP contribution in [-0.2, 0) is 16.0 Å². The van der Waals surface area contributed by atoms with Crippen LogP contribution in [0.25, 0.3) is 0 Å².